The van der Waals surface area contributed by atoms with Gasteiger partial charge in [0.05, 0.1) is 0 Å². The number of aryl methyl sites for hydroxylation is 3. The molecule has 0 bridgehead atoms. The van der Waals surface area contributed by atoms with Crippen LogP contribution in [0.5, 0.6) is 0 Å². The van der Waals surface area contributed by atoms with Gasteiger partial charge in [-0.15, -0.1) is 0 Å². The van der Waals surface area contributed by atoms with Crippen LogP contribution in [0.1, 0.15) is 30.0 Å². The predicted molar refractivity (Wildman–Crippen MR) is 75.3 cm³/mol. The fourth-order valence-corrected chi connectivity index (χ4v) is 2.39. The molecule has 0 aliphatic carbocycles. The van der Waals surface area contributed by atoms with Gasteiger partial charge >= 0.3 is 0 Å². The molecule has 0 N–H and O–H groups in total. The fourth-order valence-electron chi connectivity index (χ4n) is 2.39. The highest BCUT2D eigenvalue weighted by atomic mass is 14.1. The van der Waals surface area contributed by atoms with Crippen molar-refractivity contribution in [3.8, 4) is 11.1 Å². The summed E-state index contributed by atoms with van der Waals surface area (Å²) in [5.74, 6) is 0. The van der Waals surface area contributed by atoms with Crippen LogP contribution in [0, 0.1) is 13.8 Å². The second kappa shape index (κ2) is 5.18. The van der Waals surface area contributed by atoms with Crippen LogP contribution in [-0.2, 0) is 6.42 Å². The van der Waals surface area contributed by atoms with E-state index in [0.717, 1.165) is 6.42 Å². The first-order valence-electron chi connectivity index (χ1n) is 6.38. The zero-order valence-electron chi connectivity index (χ0n) is 11.0. The van der Waals surface area contributed by atoms with Crippen LogP contribution >= 0.6 is 0 Å². The first-order valence-corrected chi connectivity index (χ1v) is 6.38. The van der Waals surface area contributed by atoms with E-state index in [1.54, 1.807) is 0 Å². The second-order valence-electron chi connectivity index (χ2n) is 4.73. The summed E-state index contributed by atoms with van der Waals surface area (Å²) in [7, 11) is 0. The van der Waals surface area contributed by atoms with Crippen LogP contribution < -0.4 is 0 Å². The predicted octanol–water partition coefficient (Wildman–Crippen LogP) is 4.92. The average Bonchev–Trinajstić information content (AvgIpc) is 2.31. The third-order valence-corrected chi connectivity index (χ3v) is 3.21. The molecule has 0 heterocycles. The summed E-state index contributed by atoms with van der Waals surface area (Å²) in [6, 6.07) is 15.5. The molecule has 0 aliphatic heterocycles. The van der Waals surface area contributed by atoms with E-state index in [4.69, 9.17) is 0 Å². The Labute approximate surface area is 104 Å². The van der Waals surface area contributed by atoms with Crippen LogP contribution in [0.15, 0.2) is 42.5 Å². The van der Waals surface area contributed by atoms with Gasteiger partial charge in [-0.3, -0.25) is 0 Å². The minimum Gasteiger partial charge on any atom is -0.0651 e. The summed E-state index contributed by atoms with van der Waals surface area (Å²) >= 11 is 0. The Bertz CT molecular complexity index is 509. The molecule has 0 amide bonds. The van der Waals surface area contributed by atoms with E-state index in [-0.39, 0.29) is 0 Å². The lowest BCUT2D eigenvalue weighted by atomic mass is 9.93. The van der Waals surface area contributed by atoms with Crippen molar-refractivity contribution >= 4 is 0 Å². The normalized spacial score (nSPS) is 10.5. The van der Waals surface area contributed by atoms with Crippen LogP contribution in [0.25, 0.3) is 11.1 Å². The van der Waals surface area contributed by atoms with E-state index in [0.29, 0.717) is 0 Å². The van der Waals surface area contributed by atoms with Crippen LogP contribution in [0.4, 0.5) is 0 Å². The fraction of sp³-hybridized carbons (Fsp3) is 0.294. The highest BCUT2D eigenvalue weighted by Crippen LogP contribution is 2.28. The van der Waals surface area contributed by atoms with Gasteiger partial charge in [0.25, 0.3) is 0 Å². The van der Waals surface area contributed by atoms with Gasteiger partial charge in [-0.2, -0.15) is 0 Å². The Hall–Kier alpha value is -1.56. The summed E-state index contributed by atoms with van der Waals surface area (Å²) in [6.07, 6.45) is 2.35. The van der Waals surface area contributed by atoms with Gasteiger partial charge in [0.2, 0.25) is 0 Å². The molecule has 88 valence electrons. The van der Waals surface area contributed by atoms with E-state index >= 15 is 0 Å². The maximum Gasteiger partial charge on any atom is -0.0149 e. The van der Waals surface area contributed by atoms with Crippen LogP contribution in [-0.4, -0.2) is 0 Å². The molecule has 17 heavy (non-hydrogen) atoms. The molecule has 2 rings (SSSR count). The van der Waals surface area contributed by atoms with Gasteiger partial charge in [0.15, 0.2) is 0 Å². The Kier molecular flexibility index (Phi) is 3.63. The van der Waals surface area contributed by atoms with Crippen molar-refractivity contribution in [3.63, 3.8) is 0 Å². The lowest BCUT2D eigenvalue weighted by Crippen LogP contribution is -1.91. The van der Waals surface area contributed by atoms with Gasteiger partial charge in [-0.25, -0.2) is 0 Å². The van der Waals surface area contributed by atoms with Gasteiger partial charge < -0.3 is 0 Å². The van der Waals surface area contributed by atoms with E-state index < -0.39 is 0 Å². The summed E-state index contributed by atoms with van der Waals surface area (Å²) in [6.45, 7) is 6.58. The van der Waals surface area contributed by atoms with Crippen molar-refractivity contribution < 1.29 is 0 Å². The molecule has 0 heteroatoms. The molecule has 0 atom stereocenters. The first-order chi connectivity index (χ1) is 8.22. The summed E-state index contributed by atoms with van der Waals surface area (Å²) in [5.41, 5.74) is 6.93. The summed E-state index contributed by atoms with van der Waals surface area (Å²) < 4.78 is 0. The van der Waals surface area contributed by atoms with Gasteiger partial charge in [0.1, 0.15) is 0 Å². The molecule has 2 aromatic carbocycles. The Morgan fingerprint density at radius 1 is 0.882 bits per heavy atom. The zero-order chi connectivity index (χ0) is 12.3. The Balaban J connectivity index is 2.52. The topological polar surface area (TPSA) is 0 Å². The molecule has 0 radical (unpaired) electrons. The van der Waals surface area contributed by atoms with Crippen molar-refractivity contribution in [1.29, 1.82) is 0 Å². The molecule has 0 spiro atoms. The molecule has 2 aromatic rings. The maximum atomic E-state index is 2.26. The van der Waals surface area contributed by atoms with E-state index in [1.165, 1.54) is 34.2 Å². The second-order valence-corrected chi connectivity index (χ2v) is 4.73. The average molecular weight is 224 g/mol. The number of benzene rings is 2. The molecule has 0 aromatic heterocycles. The minimum absolute atomic E-state index is 1.16. The molecule has 0 aliphatic rings. The van der Waals surface area contributed by atoms with Crippen LogP contribution in [0.3, 0.4) is 0 Å². The van der Waals surface area contributed by atoms with Crippen molar-refractivity contribution in [3.05, 3.63) is 59.2 Å². The molecule has 0 saturated carbocycles. The number of hydrogen-bond donors (Lipinski definition) is 0. The van der Waals surface area contributed by atoms with Crippen molar-refractivity contribution in [2.45, 2.75) is 33.6 Å². The smallest absolute Gasteiger partial charge is 0.0149 e. The van der Waals surface area contributed by atoms with Crippen molar-refractivity contribution in [2.24, 2.45) is 0 Å². The Morgan fingerprint density at radius 2 is 1.65 bits per heavy atom. The Morgan fingerprint density at radius 3 is 2.35 bits per heavy atom. The van der Waals surface area contributed by atoms with Crippen LogP contribution in [0.2, 0.25) is 0 Å². The lowest BCUT2D eigenvalue weighted by Gasteiger charge is -2.12. The van der Waals surface area contributed by atoms with E-state index in [9.17, 15) is 0 Å². The highest BCUT2D eigenvalue weighted by Gasteiger charge is 2.06. The monoisotopic (exact) mass is 224 g/mol. The summed E-state index contributed by atoms with van der Waals surface area (Å²) in [5, 5.41) is 0. The molecule has 0 saturated heterocycles. The summed E-state index contributed by atoms with van der Waals surface area (Å²) in [4.78, 5) is 0. The molecule has 0 unspecified atom stereocenters. The van der Waals surface area contributed by atoms with Gasteiger partial charge in [-0.1, -0.05) is 61.4 Å². The minimum atomic E-state index is 1.16. The first kappa shape index (κ1) is 11.9. The molecule has 0 fully saturated rings. The third-order valence-electron chi connectivity index (χ3n) is 3.21. The number of hydrogen-bond acceptors (Lipinski definition) is 0. The van der Waals surface area contributed by atoms with Gasteiger partial charge in [0, 0.05) is 0 Å². The quantitative estimate of drug-likeness (QED) is 0.694. The largest absolute Gasteiger partial charge is 0.0651 e. The lowest BCUT2D eigenvalue weighted by molar-refractivity contribution is 0.923. The third kappa shape index (κ3) is 2.58. The SMILES string of the molecule is CCCc1ccccc1-c1ccc(C)cc1C. The van der Waals surface area contributed by atoms with Crippen molar-refractivity contribution in [1.82, 2.24) is 0 Å². The molecular formula is C17H20. The van der Waals surface area contributed by atoms with E-state index in [1.807, 2.05) is 0 Å². The van der Waals surface area contributed by atoms with Crippen molar-refractivity contribution in [2.75, 3.05) is 0 Å². The number of rotatable bonds is 3. The zero-order valence-corrected chi connectivity index (χ0v) is 11.0. The van der Waals surface area contributed by atoms with E-state index in [2.05, 4.69) is 63.2 Å². The standard InChI is InChI=1S/C17H20/c1-4-7-15-8-5-6-9-17(15)16-11-10-13(2)12-14(16)3/h5-6,8-12H,4,7H2,1-3H3. The molecule has 0 nitrogen and oxygen atoms in total. The maximum absolute atomic E-state index is 2.26. The van der Waals surface area contributed by atoms with Gasteiger partial charge in [-0.05, 0) is 42.5 Å². The molecular weight excluding hydrogens is 204 g/mol. The highest BCUT2D eigenvalue weighted by molar-refractivity contribution is 5.70.